The number of fused-ring (bicyclic) bond motifs is 1. The number of amides is 2. The van der Waals surface area contributed by atoms with Gasteiger partial charge < -0.3 is 20.7 Å². The lowest BCUT2D eigenvalue weighted by atomic mass is 9.97. The Kier molecular flexibility index (Phi) is 6.84. The fourth-order valence-electron chi connectivity index (χ4n) is 4.02. The van der Waals surface area contributed by atoms with Crippen LogP contribution < -0.4 is 20.7 Å². The minimum atomic E-state index is -0.261. The molecule has 3 N–H and O–H groups in total. The number of rotatable bonds is 8. The SMILES string of the molecule is NC(=O)C1CCCN(c2ccc(NC(=O)CCCOc3cccc4ccccc34)cn2)C1. The molecule has 1 atom stereocenters. The first-order chi connectivity index (χ1) is 15.6. The monoisotopic (exact) mass is 432 g/mol. The molecule has 0 spiro atoms. The molecule has 1 aliphatic rings. The fraction of sp³-hybridized carbons (Fsp3) is 0.320. The molecule has 2 aromatic carbocycles. The summed E-state index contributed by atoms with van der Waals surface area (Å²) in [7, 11) is 0. The van der Waals surface area contributed by atoms with Gasteiger partial charge in [0.15, 0.2) is 0 Å². The first-order valence-electron chi connectivity index (χ1n) is 11.0. The van der Waals surface area contributed by atoms with E-state index in [0.29, 0.717) is 31.7 Å². The minimum absolute atomic E-state index is 0.0761. The first kappa shape index (κ1) is 21.6. The van der Waals surface area contributed by atoms with E-state index >= 15 is 0 Å². The number of benzene rings is 2. The smallest absolute Gasteiger partial charge is 0.224 e. The number of nitrogens with zero attached hydrogens (tertiary/aromatic N) is 2. The largest absolute Gasteiger partial charge is 0.493 e. The maximum atomic E-state index is 12.3. The van der Waals surface area contributed by atoms with Crippen molar-refractivity contribution in [3.8, 4) is 5.75 Å². The molecular weight excluding hydrogens is 404 g/mol. The van der Waals surface area contributed by atoms with E-state index in [4.69, 9.17) is 10.5 Å². The van der Waals surface area contributed by atoms with Crippen LogP contribution >= 0.6 is 0 Å². The van der Waals surface area contributed by atoms with Crippen molar-refractivity contribution in [2.24, 2.45) is 11.7 Å². The third-order valence-electron chi connectivity index (χ3n) is 5.73. The molecular formula is C25H28N4O3. The third-order valence-corrected chi connectivity index (χ3v) is 5.73. The fourth-order valence-corrected chi connectivity index (χ4v) is 4.02. The summed E-state index contributed by atoms with van der Waals surface area (Å²) in [5, 5.41) is 5.08. The molecule has 2 amide bonds. The Morgan fingerprint density at radius 3 is 2.78 bits per heavy atom. The van der Waals surface area contributed by atoms with Gasteiger partial charge >= 0.3 is 0 Å². The van der Waals surface area contributed by atoms with Crippen molar-refractivity contribution in [1.82, 2.24) is 4.98 Å². The van der Waals surface area contributed by atoms with E-state index in [9.17, 15) is 9.59 Å². The molecule has 1 aliphatic heterocycles. The lowest BCUT2D eigenvalue weighted by Crippen LogP contribution is -2.41. The van der Waals surface area contributed by atoms with Crippen LogP contribution in [-0.4, -0.2) is 36.5 Å². The van der Waals surface area contributed by atoms with Crippen LogP contribution in [0.3, 0.4) is 0 Å². The van der Waals surface area contributed by atoms with Crippen LogP contribution in [0.1, 0.15) is 25.7 Å². The van der Waals surface area contributed by atoms with E-state index in [1.54, 1.807) is 6.20 Å². The van der Waals surface area contributed by atoms with E-state index in [1.807, 2.05) is 42.5 Å². The Labute approximate surface area is 187 Å². The van der Waals surface area contributed by atoms with Crippen LogP contribution in [-0.2, 0) is 9.59 Å². The van der Waals surface area contributed by atoms with Gasteiger partial charge in [0, 0.05) is 24.9 Å². The normalized spacial score (nSPS) is 16.0. The van der Waals surface area contributed by atoms with Crippen LogP contribution in [0.5, 0.6) is 5.75 Å². The summed E-state index contributed by atoms with van der Waals surface area (Å²) in [5.74, 6) is 1.15. The van der Waals surface area contributed by atoms with E-state index in [2.05, 4.69) is 27.3 Å². The Hall–Kier alpha value is -3.61. The molecule has 0 bridgehead atoms. The first-order valence-corrected chi connectivity index (χ1v) is 11.0. The predicted molar refractivity (Wildman–Crippen MR) is 126 cm³/mol. The Balaban J connectivity index is 1.23. The predicted octanol–water partition coefficient (Wildman–Crippen LogP) is 3.73. The highest BCUT2D eigenvalue weighted by Gasteiger charge is 2.24. The van der Waals surface area contributed by atoms with Crippen molar-refractivity contribution in [1.29, 1.82) is 0 Å². The molecule has 1 unspecified atom stereocenters. The van der Waals surface area contributed by atoms with Crippen molar-refractivity contribution >= 4 is 34.1 Å². The maximum absolute atomic E-state index is 12.3. The zero-order valence-electron chi connectivity index (χ0n) is 18.0. The van der Waals surface area contributed by atoms with Gasteiger partial charge in [-0.15, -0.1) is 0 Å². The number of nitrogens with two attached hydrogens (primary N) is 1. The number of hydrogen-bond acceptors (Lipinski definition) is 5. The second-order valence-corrected chi connectivity index (χ2v) is 8.07. The molecule has 0 radical (unpaired) electrons. The lowest BCUT2D eigenvalue weighted by molar-refractivity contribution is -0.122. The molecule has 166 valence electrons. The number of carbonyl (C=O) groups is 2. The number of primary amides is 1. The summed E-state index contributed by atoms with van der Waals surface area (Å²) in [6, 6.07) is 17.7. The van der Waals surface area contributed by atoms with Gasteiger partial charge in [0.1, 0.15) is 11.6 Å². The van der Waals surface area contributed by atoms with Gasteiger partial charge in [-0.1, -0.05) is 36.4 Å². The maximum Gasteiger partial charge on any atom is 0.224 e. The van der Waals surface area contributed by atoms with E-state index in [1.165, 1.54) is 0 Å². The number of ether oxygens (including phenoxy) is 1. The van der Waals surface area contributed by atoms with Gasteiger partial charge in [-0.05, 0) is 42.8 Å². The number of aromatic nitrogens is 1. The molecule has 1 fully saturated rings. The van der Waals surface area contributed by atoms with E-state index in [0.717, 1.165) is 41.7 Å². The van der Waals surface area contributed by atoms with Crippen molar-refractivity contribution in [2.75, 3.05) is 29.9 Å². The van der Waals surface area contributed by atoms with Crippen LogP contribution in [0.25, 0.3) is 10.8 Å². The van der Waals surface area contributed by atoms with Gasteiger partial charge in [0.05, 0.1) is 24.4 Å². The molecule has 0 saturated carbocycles. The van der Waals surface area contributed by atoms with Gasteiger partial charge in [0.2, 0.25) is 11.8 Å². The van der Waals surface area contributed by atoms with Crippen LogP contribution in [0.2, 0.25) is 0 Å². The molecule has 1 saturated heterocycles. The third kappa shape index (κ3) is 5.35. The van der Waals surface area contributed by atoms with Gasteiger partial charge in [0.25, 0.3) is 0 Å². The average molecular weight is 433 g/mol. The summed E-state index contributed by atoms with van der Waals surface area (Å²) in [4.78, 5) is 30.3. The topological polar surface area (TPSA) is 97.6 Å². The van der Waals surface area contributed by atoms with Crippen LogP contribution in [0.4, 0.5) is 11.5 Å². The molecule has 2 heterocycles. The van der Waals surface area contributed by atoms with Crippen molar-refractivity contribution in [3.63, 3.8) is 0 Å². The molecule has 7 heteroatoms. The second kappa shape index (κ2) is 10.1. The Bertz CT molecular complexity index is 1080. The quantitative estimate of drug-likeness (QED) is 0.529. The number of nitrogens with one attached hydrogen (secondary N) is 1. The van der Waals surface area contributed by atoms with Gasteiger partial charge in [-0.3, -0.25) is 9.59 Å². The summed E-state index contributed by atoms with van der Waals surface area (Å²) in [6.07, 6.45) is 4.36. The number of anilines is 2. The molecule has 0 aliphatic carbocycles. The van der Waals surface area contributed by atoms with Crippen LogP contribution in [0, 0.1) is 5.92 Å². The summed E-state index contributed by atoms with van der Waals surface area (Å²) in [6.45, 7) is 1.90. The van der Waals surface area contributed by atoms with Crippen molar-refractivity contribution in [2.45, 2.75) is 25.7 Å². The Morgan fingerprint density at radius 1 is 1.12 bits per heavy atom. The van der Waals surface area contributed by atoms with E-state index < -0.39 is 0 Å². The Morgan fingerprint density at radius 2 is 1.97 bits per heavy atom. The number of pyridine rings is 1. The molecule has 4 rings (SSSR count). The number of carbonyl (C=O) groups excluding carboxylic acids is 2. The summed E-state index contributed by atoms with van der Waals surface area (Å²) in [5.41, 5.74) is 6.10. The van der Waals surface area contributed by atoms with Crippen molar-refractivity contribution in [3.05, 3.63) is 60.8 Å². The standard InChI is InChI=1S/C25H28N4O3/c26-25(31)19-8-4-14-29(17-19)23-13-12-20(16-27-23)28-24(30)11-5-15-32-22-10-3-7-18-6-1-2-9-21(18)22/h1-3,6-7,9-10,12-13,16,19H,4-5,8,11,14-15,17H2,(H2,26,31)(H,28,30). The molecule has 1 aromatic heterocycles. The zero-order valence-corrected chi connectivity index (χ0v) is 18.0. The number of piperidine rings is 1. The molecule has 3 aromatic rings. The highest BCUT2D eigenvalue weighted by molar-refractivity contribution is 5.90. The highest BCUT2D eigenvalue weighted by atomic mass is 16.5. The average Bonchev–Trinajstić information content (AvgIpc) is 2.82. The zero-order chi connectivity index (χ0) is 22.3. The number of hydrogen-bond donors (Lipinski definition) is 2. The highest BCUT2D eigenvalue weighted by Crippen LogP contribution is 2.25. The molecule has 32 heavy (non-hydrogen) atoms. The summed E-state index contributed by atoms with van der Waals surface area (Å²) >= 11 is 0. The lowest BCUT2D eigenvalue weighted by Gasteiger charge is -2.32. The molecule has 7 nitrogen and oxygen atoms in total. The van der Waals surface area contributed by atoms with Crippen LogP contribution in [0.15, 0.2) is 60.8 Å². The minimum Gasteiger partial charge on any atom is -0.493 e. The summed E-state index contributed by atoms with van der Waals surface area (Å²) < 4.78 is 5.90. The van der Waals surface area contributed by atoms with Crippen molar-refractivity contribution < 1.29 is 14.3 Å². The van der Waals surface area contributed by atoms with Gasteiger partial charge in [-0.25, -0.2) is 4.98 Å². The van der Waals surface area contributed by atoms with Gasteiger partial charge in [-0.2, -0.15) is 0 Å². The second-order valence-electron chi connectivity index (χ2n) is 8.07. The van der Waals surface area contributed by atoms with E-state index in [-0.39, 0.29) is 17.7 Å².